The molecule has 0 aliphatic carbocycles. The molecule has 0 saturated heterocycles. The average Bonchev–Trinajstić information content (AvgIpc) is 2.52. The standard InChI is InChI=1S/C18H22O2/c1-2-14-20-17-11-8-15(9-12-17)10-13-18(19)16-6-4-3-5-7-16/h3-9,11-12,18-19H,2,10,13-14H2,1H3. The zero-order valence-electron chi connectivity index (χ0n) is 12.0. The molecule has 2 aromatic rings. The third-order valence-electron chi connectivity index (χ3n) is 3.29. The van der Waals surface area contributed by atoms with Crippen LogP contribution in [0.15, 0.2) is 54.6 Å². The van der Waals surface area contributed by atoms with Crippen molar-refractivity contribution in [1.82, 2.24) is 0 Å². The molecule has 0 spiro atoms. The minimum atomic E-state index is -0.396. The van der Waals surface area contributed by atoms with Crippen LogP contribution in [0, 0.1) is 0 Å². The van der Waals surface area contributed by atoms with Crippen molar-refractivity contribution in [2.45, 2.75) is 32.3 Å². The fourth-order valence-corrected chi connectivity index (χ4v) is 2.12. The van der Waals surface area contributed by atoms with Gasteiger partial charge < -0.3 is 9.84 Å². The third kappa shape index (κ3) is 4.39. The maximum atomic E-state index is 10.1. The lowest BCUT2D eigenvalue weighted by Crippen LogP contribution is -1.99. The lowest BCUT2D eigenvalue weighted by molar-refractivity contribution is 0.168. The molecular formula is C18H22O2. The minimum absolute atomic E-state index is 0.396. The zero-order chi connectivity index (χ0) is 14.2. The number of hydrogen-bond acceptors (Lipinski definition) is 2. The lowest BCUT2D eigenvalue weighted by Gasteiger charge is -2.11. The van der Waals surface area contributed by atoms with Crippen molar-refractivity contribution in [2.75, 3.05) is 6.61 Å². The van der Waals surface area contributed by atoms with Crippen LogP contribution >= 0.6 is 0 Å². The van der Waals surface area contributed by atoms with E-state index in [9.17, 15) is 5.11 Å². The summed E-state index contributed by atoms with van der Waals surface area (Å²) in [5, 5.41) is 10.1. The summed E-state index contributed by atoms with van der Waals surface area (Å²) < 4.78 is 5.56. The summed E-state index contributed by atoms with van der Waals surface area (Å²) in [5.41, 5.74) is 2.21. The highest BCUT2D eigenvalue weighted by Gasteiger charge is 2.07. The largest absolute Gasteiger partial charge is 0.494 e. The number of aryl methyl sites for hydroxylation is 1. The Labute approximate surface area is 121 Å². The summed E-state index contributed by atoms with van der Waals surface area (Å²) in [7, 11) is 0. The highest BCUT2D eigenvalue weighted by atomic mass is 16.5. The van der Waals surface area contributed by atoms with Crippen LogP contribution in [0.25, 0.3) is 0 Å². The number of aliphatic hydroxyl groups is 1. The van der Waals surface area contributed by atoms with Gasteiger partial charge in [0.2, 0.25) is 0 Å². The van der Waals surface area contributed by atoms with Crippen molar-refractivity contribution in [3.8, 4) is 5.75 Å². The first-order chi connectivity index (χ1) is 9.79. The van der Waals surface area contributed by atoms with Crippen LogP contribution in [0.5, 0.6) is 5.75 Å². The maximum Gasteiger partial charge on any atom is 0.119 e. The van der Waals surface area contributed by atoms with Crippen molar-refractivity contribution < 1.29 is 9.84 Å². The third-order valence-corrected chi connectivity index (χ3v) is 3.29. The Hall–Kier alpha value is -1.80. The molecule has 0 radical (unpaired) electrons. The van der Waals surface area contributed by atoms with Gasteiger partial charge in [-0.15, -0.1) is 0 Å². The van der Waals surface area contributed by atoms with Crippen LogP contribution < -0.4 is 4.74 Å². The van der Waals surface area contributed by atoms with E-state index < -0.39 is 6.10 Å². The first-order valence-electron chi connectivity index (χ1n) is 7.24. The second kappa shape index (κ2) is 7.71. The molecule has 0 bridgehead atoms. The fraction of sp³-hybridized carbons (Fsp3) is 0.333. The van der Waals surface area contributed by atoms with Gasteiger partial charge in [0.1, 0.15) is 5.75 Å². The molecule has 1 unspecified atom stereocenters. The molecule has 2 heteroatoms. The van der Waals surface area contributed by atoms with Gasteiger partial charge in [-0.2, -0.15) is 0 Å². The van der Waals surface area contributed by atoms with Crippen molar-refractivity contribution in [3.05, 3.63) is 65.7 Å². The number of ether oxygens (including phenoxy) is 1. The first kappa shape index (κ1) is 14.6. The molecule has 1 atom stereocenters. The van der Waals surface area contributed by atoms with Crippen molar-refractivity contribution >= 4 is 0 Å². The van der Waals surface area contributed by atoms with E-state index in [-0.39, 0.29) is 0 Å². The summed E-state index contributed by atoms with van der Waals surface area (Å²) in [6.07, 6.45) is 2.22. The van der Waals surface area contributed by atoms with E-state index in [0.717, 1.165) is 37.2 Å². The molecule has 2 rings (SSSR count). The molecule has 0 heterocycles. The van der Waals surface area contributed by atoms with Gasteiger partial charge in [0.05, 0.1) is 12.7 Å². The van der Waals surface area contributed by atoms with Crippen LogP contribution in [0.1, 0.15) is 37.0 Å². The van der Waals surface area contributed by atoms with Crippen LogP contribution in [0.3, 0.4) is 0 Å². The minimum Gasteiger partial charge on any atom is -0.494 e. The van der Waals surface area contributed by atoms with Crippen molar-refractivity contribution in [2.24, 2.45) is 0 Å². The second-order valence-corrected chi connectivity index (χ2v) is 4.96. The maximum absolute atomic E-state index is 10.1. The van der Waals surface area contributed by atoms with E-state index in [1.807, 2.05) is 42.5 Å². The van der Waals surface area contributed by atoms with E-state index in [1.165, 1.54) is 5.56 Å². The Kier molecular flexibility index (Phi) is 5.63. The summed E-state index contributed by atoms with van der Waals surface area (Å²) in [6, 6.07) is 18.0. The number of benzene rings is 2. The molecule has 2 nitrogen and oxygen atoms in total. The van der Waals surface area contributed by atoms with Gasteiger partial charge in [0.25, 0.3) is 0 Å². The highest BCUT2D eigenvalue weighted by Crippen LogP contribution is 2.20. The number of hydrogen-bond donors (Lipinski definition) is 1. The second-order valence-electron chi connectivity index (χ2n) is 4.96. The normalized spacial score (nSPS) is 12.1. The molecule has 1 N–H and O–H groups in total. The Morgan fingerprint density at radius 2 is 1.70 bits per heavy atom. The molecule has 0 amide bonds. The predicted molar refractivity (Wildman–Crippen MR) is 82.0 cm³/mol. The van der Waals surface area contributed by atoms with Crippen molar-refractivity contribution in [1.29, 1.82) is 0 Å². The Balaban J connectivity index is 1.84. The molecule has 106 valence electrons. The smallest absolute Gasteiger partial charge is 0.119 e. The molecule has 0 fully saturated rings. The molecule has 0 saturated carbocycles. The molecule has 2 aromatic carbocycles. The Bertz CT molecular complexity index is 491. The van der Waals surface area contributed by atoms with E-state index in [2.05, 4.69) is 19.1 Å². The average molecular weight is 270 g/mol. The SMILES string of the molecule is CCCOc1ccc(CCC(O)c2ccccc2)cc1. The monoisotopic (exact) mass is 270 g/mol. The van der Waals surface area contributed by atoms with Gasteiger partial charge in [-0.05, 0) is 42.5 Å². The molecule has 20 heavy (non-hydrogen) atoms. The van der Waals surface area contributed by atoms with E-state index in [4.69, 9.17) is 4.74 Å². The van der Waals surface area contributed by atoms with Gasteiger partial charge in [-0.1, -0.05) is 49.4 Å². The summed E-state index contributed by atoms with van der Waals surface area (Å²) in [5.74, 6) is 0.916. The van der Waals surface area contributed by atoms with E-state index in [0.29, 0.717) is 0 Å². The van der Waals surface area contributed by atoms with E-state index in [1.54, 1.807) is 0 Å². The molecule has 0 aliphatic heterocycles. The van der Waals surface area contributed by atoms with Gasteiger partial charge in [0, 0.05) is 0 Å². The van der Waals surface area contributed by atoms with Gasteiger partial charge >= 0.3 is 0 Å². The van der Waals surface area contributed by atoms with Gasteiger partial charge in [-0.25, -0.2) is 0 Å². The molecule has 0 aliphatic rings. The molecular weight excluding hydrogens is 248 g/mol. The van der Waals surface area contributed by atoms with Gasteiger partial charge in [-0.3, -0.25) is 0 Å². The van der Waals surface area contributed by atoms with Crippen LogP contribution in [0.4, 0.5) is 0 Å². The highest BCUT2D eigenvalue weighted by molar-refractivity contribution is 5.27. The number of aliphatic hydroxyl groups excluding tert-OH is 1. The Morgan fingerprint density at radius 3 is 2.35 bits per heavy atom. The quantitative estimate of drug-likeness (QED) is 0.819. The fourth-order valence-electron chi connectivity index (χ4n) is 2.12. The van der Waals surface area contributed by atoms with Crippen LogP contribution in [-0.4, -0.2) is 11.7 Å². The topological polar surface area (TPSA) is 29.5 Å². The van der Waals surface area contributed by atoms with Gasteiger partial charge in [0.15, 0.2) is 0 Å². The summed E-state index contributed by atoms with van der Waals surface area (Å²) in [4.78, 5) is 0. The summed E-state index contributed by atoms with van der Waals surface area (Å²) in [6.45, 7) is 2.85. The predicted octanol–water partition coefficient (Wildman–Crippen LogP) is 4.14. The summed E-state index contributed by atoms with van der Waals surface area (Å²) >= 11 is 0. The lowest BCUT2D eigenvalue weighted by atomic mass is 10.0. The molecule has 0 aromatic heterocycles. The number of rotatable bonds is 7. The van der Waals surface area contributed by atoms with Crippen LogP contribution in [0.2, 0.25) is 0 Å². The zero-order valence-corrected chi connectivity index (χ0v) is 12.0. The Morgan fingerprint density at radius 1 is 1.00 bits per heavy atom. The van der Waals surface area contributed by atoms with E-state index >= 15 is 0 Å². The van der Waals surface area contributed by atoms with Crippen LogP contribution in [-0.2, 0) is 6.42 Å². The van der Waals surface area contributed by atoms with Crippen molar-refractivity contribution in [3.63, 3.8) is 0 Å². The first-order valence-corrected chi connectivity index (χ1v) is 7.24.